The van der Waals surface area contributed by atoms with Crippen molar-refractivity contribution < 1.29 is 0 Å². The molecule has 5 aromatic rings. The minimum Gasteiger partial charge on any atom is -0.304 e. The second kappa shape index (κ2) is 9.59. The number of fused-ring (bicyclic) bond motifs is 1. The van der Waals surface area contributed by atoms with Gasteiger partial charge in [0.15, 0.2) is 0 Å². The van der Waals surface area contributed by atoms with E-state index in [2.05, 4.69) is 42.3 Å². The Hall–Kier alpha value is -3.79. The number of piperazine rings is 1. The van der Waals surface area contributed by atoms with E-state index in [1.807, 2.05) is 43.3 Å². The molecule has 1 fully saturated rings. The second-order valence-corrected chi connectivity index (χ2v) is 9.95. The predicted octanol–water partition coefficient (Wildman–Crippen LogP) is 3.88. The molecule has 1 aliphatic heterocycles. The van der Waals surface area contributed by atoms with Crippen LogP contribution in [0, 0.1) is 6.92 Å². The number of likely N-dealkylation sites (N-methyl/N-ethyl adjacent to an activating group) is 1. The van der Waals surface area contributed by atoms with Crippen LogP contribution in [0.1, 0.15) is 11.4 Å². The number of hydrogen-bond donors (Lipinski definition) is 2. The zero-order chi connectivity index (χ0) is 25.5. The van der Waals surface area contributed by atoms with Crippen molar-refractivity contribution in [1.82, 2.24) is 40.0 Å². The number of aromatic nitrogens is 6. The van der Waals surface area contributed by atoms with Gasteiger partial charge in [-0.25, -0.2) is 4.68 Å². The Kier molecular flexibility index (Phi) is 6.11. The lowest BCUT2D eigenvalue weighted by Gasteiger charge is -2.31. The molecule has 0 aliphatic carbocycles. The third-order valence-electron chi connectivity index (χ3n) is 7.05. The third-order valence-corrected chi connectivity index (χ3v) is 7.30. The summed E-state index contributed by atoms with van der Waals surface area (Å²) in [7, 11) is 2.15. The maximum absolute atomic E-state index is 13.2. The molecule has 2 aromatic carbocycles. The number of halogens is 1. The summed E-state index contributed by atoms with van der Waals surface area (Å²) in [6.45, 7) is 6.87. The molecular weight excluding hydrogens is 488 g/mol. The van der Waals surface area contributed by atoms with Gasteiger partial charge in [0, 0.05) is 60.8 Å². The van der Waals surface area contributed by atoms with Crippen LogP contribution in [-0.4, -0.2) is 73.2 Å². The van der Waals surface area contributed by atoms with Gasteiger partial charge in [-0.05, 0) is 43.8 Å². The van der Waals surface area contributed by atoms with E-state index in [4.69, 9.17) is 11.6 Å². The van der Waals surface area contributed by atoms with Crippen LogP contribution < -0.4 is 5.56 Å². The van der Waals surface area contributed by atoms with Crippen molar-refractivity contribution in [2.45, 2.75) is 13.5 Å². The average Bonchev–Trinajstić information content (AvgIpc) is 3.50. The molecular formula is C27H27ClN8O. The molecule has 1 saturated heterocycles. The quantitative estimate of drug-likeness (QED) is 0.369. The monoisotopic (exact) mass is 514 g/mol. The molecule has 37 heavy (non-hydrogen) atoms. The summed E-state index contributed by atoms with van der Waals surface area (Å²) in [6, 6.07) is 15.3. The van der Waals surface area contributed by atoms with Gasteiger partial charge >= 0.3 is 0 Å². The number of aryl methyl sites for hydroxylation is 1. The summed E-state index contributed by atoms with van der Waals surface area (Å²) < 4.78 is 1.53. The Balaban J connectivity index is 1.34. The summed E-state index contributed by atoms with van der Waals surface area (Å²) >= 11 is 6.04. The fourth-order valence-electron chi connectivity index (χ4n) is 4.90. The van der Waals surface area contributed by atoms with Gasteiger partial charge in [0.2, 0.25) is 0 Å². The van der Waals surface area contributed by atoms with Crippen molar-refractivity contribution in [3.8, 4) is 28.1 Å². The van der Waals surface area contributed by atoms with Gasteiger partial charge in [0.1, 0.15) is 11.4 Å². The molecule has 10 heteroatoms. The van der Waals surface area contributed by atoms with Crippen molar-refractivity contribution in [2.24, 2.45) is 0 Å². The number of benzene rings is 2. The van der Waals surface area contributed by atoms with Crippen LogP contribution in [0.3, 0.4) is 0 Å². The van der Waals surface area contributed by atoms with E-state index >= 15 is 0 Å². The standard InChI is InChI=1S/C27H27ClN8O/c1-17-24(26-22(15-29-17)27(37)36(32-26)21-9-7-20(28)8-10-21)18-3-5-19(6-4-18)25-23(30-33-31-25)16-35-13-11-34(2)12-14-35/h3-10,15,32H,11-14,16H2,1-2H3,(H,30,31,33). The average molecular weight is 515 g/mol. The first-order valence-corrected chi connectivity index (χ1v) is 12.6. The summed E-state index contributed by atoms with van der Waals surface area (Å²) in [5.41, 5.74) is 6.80. The molecule has 0 amide bonds. The lowest BCUT2D eigenvalue weighted by Crippen LogP contribution is -2.44. The molecule has 9 nitrogen and oxygen atoms in total. The number of rotatable bonds is 5. The summed E-state index contributed by atoms with van der Waals surface area (Å²) in [5, 5.41) is 16.1. The fourth-order valence-corrected chi connectivity index (χ4v) is 5.03. The number of hydrogen-bond acceptors (Lipinski definition) is 6. The fraction of sp³-hybridized carbons (Fsp3) is 0.259. The van der Waals surface area contributed by atoms with E-state index < -0.39 is 0 Å². The maximum atomic E-state index is 13.2. The van der Waals surface area contributed by atoms with E-state index in [0.29, 0.717) is 16.1 Å². The number of nitrogens with one attached hydrogen (secondary N) is 2. The molecule has 0 spiro atoms. The summed E-state index contributed by atoms with van der Waals surface area (Å²) in [4.78, 5) is 22.5. The van der Waals surface area contributed by atoms with Gasteiger partial charge < -0.3 is 4.90 Å². The smallest absolute Gasteiger partial charge is 0.280 e. The summed E-state index contributed by atoms with van der Waals surface area (Å²) in [5.74, 6) is 0. The molecule has 3 aromatic heterocycles. The topological polar surface area (TPSA) is 98.7 Å². The van der Waals surface area contributed by atoms with Crippen molar-refractivity contribution >= 4 is 22.5 Å². The molecule has 188 valence electrons. The second-order valence-electron chi connectivity index (χ2n) is 9.51. The molecule has 2 N–H and O–H groups in total. The number of nitrogens with zero attached hydrogens (tertiary/aromatic N) is 6. The highest BCUT2D eigenvalue weighted by molar-refractivity contribution is 6.30. The lowest BCUT2D eigenvalue weighted by atomic mass is 9.99. The zero-order valence-corrected chi connectivity index (χ0v) is 21.5. The van der Waals surface area contributed by atoms with Crippen LogP contribution in [0.2, 0.25) is 5.02 Å². The third kappa shape index (κ3) is 4.46. The van der Waals surface area contributed by atoms with Crippen LogP contribution in [0.25, 0.3) is 39.0 Å². The number of pyridine rings is 1. The molecule has 0 radical (unpaired) electrons. The molecule has 0 saturated carbocycles. The Morgan fingerprint density at radius 2 is 1.65 bits per heavy atom. The number of aromatic amines is 2. The minimum atomic E-state index is -0.154. The highest BCUT2D eigenvalue weighted by Crippen LogP contribution is 2.31. The minimum absolute atomic E-state index is 0.154. The molecule has 0 unspecified atom stereocenters. The van der Waals surface area contributed by atoms with Crippen molar-refractivity contribution in [3.05, 3.63) is 81.5 Å². The van der Waals surface area contributed by atoms with E-state index in [-0.39, 0.29) is 5.56 Å². The Morgan fingerprint density at radius 1 is 0.946 bits per heavy atom. The van der Waals surface area contributed by atoms with Crippen molar-refractivity contribution in [1.29, 1.82) is 0 Å². The lowest BCUT2D eigenvalue weighted by molar-refractivity contribution is 0.147. The van der Waals surface area contributed by atoms with Gasteiger partial charge in [-0.3, -0.25) is 19.8 Å². The highest BCUT2D eigenvalue weighted by Gasteiger charge is 2.20. The molecule has 6 rings (SSSR count). The molecule has 0 bridgehead atoms. The Morgan fingerprint density at radius 3 is 2.38 bits per heavy atom. The SMILES string of the molecule is Cc1ncc2c(=O)n(-c3ccc(Cl)cc3)[nH]c2c1-c1ccc(-c2n[nH]nc2CN2CCN(C)CC2)cc1. The zero-order valence-electron chi connectivity index (χ0n) is 20.7. The van der Waals surface area contributed by atoms with Gasteiger partial charge in [0.05, 0.1) is 16.6 Å². The maximum Gasteiger partial charge on any atom is 0.280 e. The first-order chi connectivity index (χ1) is 18.0. The van der Waals surface area contributed by atoms with Crippen LogP contribution in [0.4, 0.5) is 0 Å². The van der Waals surface area contributed by atoms with Crippen LogP contribution in [-0.2, 0) is 6.54 Å². The Labute approximate surface area is 218 Å². The van der Waals surface area contributed by atoms with E-state index in [0.717, 1.165) is 72.0 Å². The van der Waals surface area contributed by atoms with E-state index in [9.17, 15) is 4.79 Å². The van der Waals surface area contributed by atoms with Crippen LogP contribution in [0.15, 0.2) is 59.5 Å². The van der Waals surface area contributed by atoms with Gasteiger partial charge in [-0.1, -0.05) is 35.9 Å². The van der Waals surface area contributed by atoms with E-state index in [1.54, 1.807) is 18.3 Å². The van der Waals surface area contributed by atoms with Gasteiger partial charge in [0.25, 0.3) is 5.56 Å². The van der Waals surface area contributed by atoms with Gasteiger partial charge in [-0.15, -0.1) is 0 Å². The molecule has 4 heterocycles. The number of H-pyrrole nitrogens is 2. The highest BCUT2D eigenvalue weighted by atomic mass is 35.5. The largest absolute Gasteiger partial charge is 0.304 e. The predicted molar refractivity (Wildman–Crippen MR) is 145 cm³/mol. The Bertz CT molecular complexity index is 1610. The molecule has 1 aliphatic rings. The first kappa shape index (κ1) is 23.6. The van der Waals surface area contributed by atoms with Crippen LogP contribution in [0.5, 0.6) is 0 Å². The van der Waals surface area contributed by atoms with Crippen molar-refractivity contribution in [3.63, 3.8) is 0 Å². The van der Waals surface area contributed by atoms with Crippen molar-refractivity contribution in [2.75, 3.05) is 33.2 Å². The van der Waals surface area contributed by atoms with Gasteiger partial charge in [-0.2, -0.15) is 15.4 Å². The van der Waals surface area contributed by atoms with Crippen LogP contribution >= 0.6 is 11.6 Å². The van der Waals surface area contributed by atoms with E-state index in [1.165, 1.54) is 4.68 Å². The first-order valence-electron chi connectivity index (χ1n) is 12.3. The normalized spacial score (nSPS) is 15.0. The summed E-state index contributed by atoms with van der Waals surface area (Å²) in [6.07, 6.45) is 1.63. The molecule has 0 atom stereocenters.